The summed E-state index contributed by atoms with van der Waals surface area (Å²) in [5.41, 5.74) is 2.94. The highest BCUT2D eigenvalue weighted by Gasteiger charge is 2.22. The normalized spacial score (nSPS) is 16.1. The number of nitrogens with one attached hydrogen (secondary N) is 2. The summed E-state index contributed by atoms with van der Waals surface area (Å²) in [7, 11) is 0. The van der Waals surface area contributed by atoms with Gasteiger partial charge in [-0.1, -0.05) is 12.1 Å². The van der Waals surface area contributed by atoms with Gasteiger partial charge in [0.05, 0.1) is 23.4 Å². The molecule has 2 aromatic carbocycles. The number of rotatable bonds is 5. The van der Waals surface area contributed by atoms with E-state index in [1.807, 2.05) is 30.6 Å². The van der Waals surface area contributed by atoms with Gasteiger partial charge in [0.2, 0.25) is 0 Å². The van der Waals surface area contributed by atoms with Gasteiger partial charge in [0.25, 0.3) is 0 Å². The molecule has 2 amide bonds. The van der Waals surface area contributed by atoms with Gasteiger partial charge in [-0.15, -0.1) is 11.8 Å². The molecule has 5 nitrogen and oxygen atoms in total. The van der Waals surface area contributed by atoms with Crippen molar-refractivity contribution in [2.75, 3.05) is 12.3 Å². The number of halogens is 1. The topological polar surface area (TPSA) is 59.0 Å². The number of hydrogen-bond donors (Lipinski definition) is 2. The van der Waals surface area contributed by atoms with E-state index in [9.17, 15) is 9.18 Å². The fourth-order valence-electron chi connectivity index (χ4n) is 3.36. The summed E-state index contributed by atoms with van der Waals surface area (Å²) in [6.07, 6.45) is 3.44. The van der Waals surface area contributed by atoms with E-state index in [1.54, 1.807) is 17.8 Å². The minimum atomic E-state index is -0.268. The largest absolute Gasteiger partial charge is 0.338 e. The molecule has 0 fully saturated rings. The number of nitrogens with zero attached hydrogens (tertiary/aromatic N) is 2. The zero-order valence-electron chi connectivity index (χ0n) is 14.8. The maximum Gasteiger partial charge on any atom is 0.315 e. The van der Waals surface area contributed by atoms with Gasteiger partial charge in [-0.25, -0.2) is 14.2 Å². The van der Waals surface area contributed by atoms with Crippen LogP contribution in [0.1, 0.15) is 24.4 Å². The number of imidazole rings is 1. The summed E-state index contributed by atoms with van der Waals surface area (Å²) in [6, 6.07) is 12.4. The van der Waals surface area contributed by atoms with Crippen molar-refractivity contribution < 1.29 is 9.18 Å². The molecule has 0 aliphatic carbocycles. The molecule has 0 unspecified atom stereocenters. The zero-order valence-corrected chi connectivity index (χ0v) is 15.6. The molecule has 1 aliphatic heterocycles. The molecule has 140 valence electrons. The van der Waals surface area contributed by atoms with E-state index >= 15 is 0 Å². The summed E-state index contributed by atoms with van der Waals surface area (Å²) in [5.74, 6) is 0.646. The molecule has 1 aromatic heterocycles. The number of aromatic nitrogens is 2. The van der Waals surface area contributed by atoms with Crippen LogP contribution in [-0.4, -0.2) is 27.9 Å². The van der Waals surface area contributed by atoms with Crippen LogP contribution in [0, 0.1) is 5.82 Å². The molecular formula is C20H21FN4OS. The average Bonchev–Trinajstić information content (AvgIpc) is 3.09. The third kappa shape index (κ3) is 4.08. The van der Waals surface area contributed by atoms with Gasteiger partial charge in [-0.3, -0.25) is 0 Å². The van der Waals surface area contributed by atoms with Gasteiger partial charge in [0.15, 0.2) is 0 Å². The molecule has 2 N–H and O–H groups in total. The van der Waals surface area contributed by atoms with Crippen molar-refractivity contribution in [3.63, 3.8) is 0 Å². The van der Waals surface area contributed by atoms with Gasteiger partial charge in [0.1, 0.15) is 5.82 Å². The van der Waals surface area contributed by atoms with E-state index in [1.165, 1.54) is 12.1 Å². The number of urea groups is 1. The van der Waals surface area contributed by atoms with Crippen LogP contribution in [0.2, 0.25) is 0 Å². The predicted octanol–water partition coefficient (Wildman–Crippen LogP) is 4.10. The number of para-hydroxylation sites is 2. The monoisotopic (exact) mass is 384 g/mol. The van der Waals surface area contributed by atoms with Crippen LogP contribution >= 0.6 is 11.8 Å². The molecule has 3 aromatic rings. The van der Waals surface area contributed by atoms with E-state index in [0.717, 1.165) is 46.6 Å². The molecule has 2 heterocycles. The van der Waals surface area contributed by atoms with Crippen LogP contribution in [0.4, 0.5) is 9.18 Å². The van der Waals surface area contributed by atoms with Gasteiger partial charge in [-0.2, -0.15) is 0 Å². The summed E-state index contributed by atoms with van der Waals surface area (Å²) >= 11 is 1.70. The predicted molar refractivity (Wildman–Crippen MR) is 105 cm³/mol. The average molecular weight is 384 g/mol. The minimum Gasteiger partial charge on any atom is -0.338 e. The molecule has 7 heteroatoms. The smallest absolute Gasteiger partial charge is 0.315 e. The Hall–Kier alpha value is -2.54. The van der Waals surface area contributed by atoms with Crippen LogP contribution in [0.5, 0.6) is 0 Å². The highest BCUT2D eigenvalue weighted by atomic mass is 32.2. The van der Waals surface area contributed by atoms with Crippen molar-refractivity contribution >= 4 is 28.8 Å². The Kier molecular flexibility index (Phi) is 5.29. The first kappa shape index (κ1) is 17.9. The molecule has 0 radical (unpaired) electrons. The van der Waals surface area contributed by atoms with E-state index in [0.29, 0.717) is 6.54 Å². The number of carbonyl (C=O) groups is 1. The Balaban J connectivity index is 1.28. The number of benzene rings is 2. The second-order valence-electron chi connectivity index (χ2n) is 6.55. The van der Waals surface area contributed by atoms with Crippen molar-refractivity contribution in [1.82, 2.24) is 20.2 Å². The van der Waals surface area contributed by atoms with E-state index in [4.69, 9.17) is 0 Å². The molecule has 0 saturated heterocycles. The lowest BCUT2D eigenvalue weighted by atomic mass is 10.0. The maximum absolute atomic E-state index is 13.6. The highest BCUT2D eigenvalue weighted by Crippen LogP contribution is 2.36. The molecule has 27 heavy (non-hydrogen) atoms. The Morgan fingerprint density at radius 1 is 1.30 bits per heavy atom. The quantitative estimate of drug-likeness (QED) is 0.651. The zero-order chi connectivity index (χ0) is 18.6. The fourth-order valence-corrected chi connectivity index (χ4v) is 4.47. The third-order valence-corrected chi connectivity index (χ3v) is 5.83. The minimum absolute atomic E-state index is 0.144. The standard InChI is InChI=1S/C20H21FN4OS/c21-14-6-7-19-15(12-14)16(8-11-27-19)24-20(26)22-9-3-10-25-13-23-17-4-1-2-5-18(17)25/h1-2,4-7,12-13,16H,3,8-11H2,(H2,22,24,26)/t16-/m0/s1. The molecule has 0 spiro atoms. The number of carbonyl (C=O) groups excluding carboxylic acids is 1. The van der Waals surface area contributed by atoms with Crippen LogP contribution < -0.4 is 10.6 Å². The number of thioether (sulfide) groups is 1. The summed E-state index contributed by atoms with van der Waals surface area (Å²) < 4.78 is 15.6. The van der Waals surface area contributed by atoms with Crippen LogP contribution in [0.3, 0.4) is 0 Å². The van der Waals surface area contributed by atoms with E-state index in [-0.39, 0.29) is 17.9 Å². The number of hydrogen-bond acceptors (Lipinski definition) is 3. The second kappa shape index (κ2) is 8.00. The fraction of sp³-hybridized carbons (Fsp3) is 0.300. The van der Waals surface area contributed by atoms with Crippen LogP contribution in [0.15, 0.2) is 53.7 Å². The number of fused-ring (bicyclic) bond motifs is 2. The van der Waals surface area contributed by atoms with Crippen molar-refractivity contribution in [2.45, 2.75) is 30.3 Å². The molecule has 1 aliphatic rings. The van der Waals surface area contributed by atoms with Gasteiger partial charge in [-0.05, 0) is 48.7 Å². The maximum atomic E-state index is 13.6. The van der Waals surface area contributed by atoms with Crippen molar-refractivity contribution in [3.05, 3.63) is 60.2 Å². The Morgan fingerprint density at radius 3 is 3.11 bits per heavy atom. The van der Waals surface area contributed by atoms with Gasteiger partial charge in [0, 0.05) is 23.7 Å². The van der Waals surface area contributed by atoms with Crippen molar-refractivity contribution in [3.8, 4) is 0 Å². The highest BCUT2D eigenvalue weighted by molar-refractivity contribution is 7.99. The summed E-state index contributed by atoms with van der Waals surface area (Å²) in [6.45, 7) is 1.35. The first-order chi connectivity index (χ1) is 13.2. The summed E-state index contributed by atoms with van der Waals surface area (Å²) in [5, 5.41) is 5.88. The van der Waals surface area contributed by atoms with Crippen LogP contribution in [-0.2, 0) is 6.54 Å². The lowest BCUT2D eigenvalue weighted by molar-refractivity contribution is 0.236. The second-order valence-corrected chi connectivity index (χ2v) is 7.69. The molecule has 0 bridgehead atoms. The van der Waals surface area contributed by atoms with E-state index < -0.39 is 0 Å². The lowest BCUT2D eigenvalue weighted by Gasteiger charge is -2.26. The van der Waals surface area contributed by atoms with Gasteiger partial charge >= 0.3 is 6.03 Å². The Morgan fingerprint density at radius 2 is 2.19 bits per heavy atom. The van der Waals surface area contributed by atoms with Crippen molar-refractivity contribution in [2.24, 2.45) is 0 Å². The van der Waals surface area contributed by atoms with Gasteiger partial charge < -0.3 is 15.2 Å². The summed E-state index contributed by atoms with van der Waals surface area (Å²) in [4.78, 5) is 17.6. The number of aryl methyl sites for hydroxylation is 1. The molecule has 0 saturated carbocycles. The molecule has 1 atom stereocenters. The third-order valence-electron chi connectivity index (χ3n) is 4.71. The number of amides is 2. The lowest BCUT2D eigenvalue weighted by Crippen LogP contribution is -2.39. The Bertz CT molecular complexity index is 958. The first-order valence-corrected chi connectivity index (χ1v) is 10.1. The molecular weight excluding hydrogens is 363 g/mol. The first-order valence-electron chi connectivity index (χ1n) is 9.07. The van der Waals surface area contributed by atoms with Crippen LogP contribution in [0.25, 0.3) is 11.0 Å². The van der Waals surface area contributed by atoms with E-state index in [2.05, 4.69) is 20.2 Å². The molecule has 4 rings (SSSR count). The SMILES string of the molecule is O=C(NCCCn1cnc2ccccc21)N[C@H]1CCSc2ccc(F)cc21. The Labute approximate surface area is 161 Å². The van der Waals surface area contributed by atoms with Crippen molar-refractivity contribution in [1.29, 1.82) is 0 Å².